The van der Waals surface area contributed by atoms with Crippen molar-refractivity contribution >= 4 is 22.9 Å². The van der Waals surface area contributed by atoms with Gasteiger partial charge in [-0.2, -0.15) is 0 Å². The summed E-state index contributed by atoms with van der Waals surface area (Å²) in [5.74, 6) is 5.12. The van der Waals surface area contributed by atoms with Crippen molar-refractivity contribution in [3.63, 3.8) is 0 Å². The Bertz CT molecular complexity index is 555. The summed E-state index contributed by atoms with van der Waals surface area (Å²) >= 11 is 1.41. The summed E-state index contributed by atoms with van der Waals surface area (Å²) in [7, 11) is 0. The van der Waals surface area contributed by atoms with E-state index in [0.717, 1.165) is 5.56 Å². The van der Waals surface area contributed by atoms with Crippen LogP contribution in [-0.2, 0) is 9.53 Å². The topological polar surface area (TPSA) is 76.7 Å². The summed E-state index contributed by atoms with van der Waals surface area (Å²) in [6.07, 6.45) is 0. The van der Waals surface area contributed by atoms with Gasteiger partial charge < -0.3 is 10.2 Å². The number of nitrogens with one attached hydrogen (secondary N) is 1. The van der Waals surface area contributed by atoms with E-state index in [0.29, 0.717) is 23.0 Å². The van der Waals surface area contributed by atoms with Crippen molar-refractivity contribution in [2.24, 2.45) is 10.8 Å². The lowest BCUT2D eigenvalue weighted by molar-refractivity contribution is -0.138. The fourth-order valence-electron chi connectivity index (χ4n) is 1.99. The first-order valence-electron chi connectivity index (χ1n) is 6.32. The molecule has 0 aromatic heterocycles. The summed E-state index contributed by atoms with van der Waals surface area (Å²) in [5.41, 5.74) is 4.77. The van der Waals surface area contributed by atoms with Crippen molar-refractivity contribution in [3.8, 4) is 0 Å². The summed E-state index contributed by atoms with van der Waals surface area (Å²) in [4.78, 5) is 16.5. The minimum Gasteiger partial charge on any atom is -0.463 e. The average Bonchev–Trinajstić information content (AvgIpc) is 2.47. The van der Waals surface area contributed by atoms with Crippen LogP contribution in [0.5, 0.6) is 0 Å². The molecular formula is C14H17N3O2S. The van der Waals surface area contributed by atoms with Crippen LogP contribution in [0.2, 0.25) is 0 Å². The molecule has 1 aromatic rings. The molecule has 0 saturated heterocycles. The van der Waals surface area contributed by atoms with Crippen LogP contribution in [0.1, 0.15) is 24.7 Å². The lowest BCUT2D eigenvalue weighted by Gasteiger charge is -2.24. The number of hydrazine groups is 1. The summed E-state index contributed by atoms with van der Waals surface area (Å²) in [6, 6.07) is 9.77. The highest BCUT2D eigenvalue weighted by Crippen LogP contribution is 2.41. The molecule has 1 aliphatic heterocycles. The van der Waals surface area contributed by atoms with Gasteiger partial charge in [0.1, 0.15) is 0 Å². The molecule has 1 unspecified atom stereocenters. The quantitative estimate of drug-likeness (QED) is 0.507. The van der Waals surface area contributed by atoms with Crippen molar-refractivity contribution in [2.45, 2.75) is 19.1 Å². The Morgan fingerprint density at radius 2 is 2.15 bits per heavy atom. The van der Waals surface area contributed by atoms with Crippen molar-refractivity contribution in [2.75, 3.05) is 6.61 Å². The highest BCUT2D eigenvalue weighted by molar-refractivity contribution is 8.14. The monoisotopic (exact) mass is 291 g/mol. The van der Waals surface area contributed by atoms with Crippen LogP contribution in [-0.4, -0.2) is 17.7 Å². The second kappa shape index (κ2) is 6.58. The maximum absolute atomic E-state index is 12.2. The molecule has 5 nitrogen and oxygen atoms in total. The van der Waals surface area contributed by atoms with E-state index in [1.165, 1.54) is 11.8 Å². The Kier molecular flexibility index (Phi) is 4.81. The van der Waals surface area contributed by atoms with Gasteiger partial charge in [-0.15, -0.1) is 0 Å². The molecule has 0 spiro atoms. The van der Waals surface area contributed by atoms with Gasteiger partial charge in [0.2, 0.25) is 0 Å². The number of hydrogen-bond donors (Lipinski definition) is 2. The maximum atomic E-state index is 12.2. The number of nitrogens with zero attached hydrogens (tertiary/aromatic N) is 1. The number of benzene rings is 1. The second-order valence-corrected chi connectivity index (χ2v) is 5.28. The zero-order valence-corrected chi connectivity index (χ0v) is 12.2. The molecule has 0 fully saturated rings. The first kappa shape index (κ1) is 14.6. The van der Waals surface area contributed by atoms with E-state index >= 15 is 0 Å². The SMILES string of the molecule is CCOC(=O)C1=C(C)N=C(NN)SC1c1ccccc1. The van der Waals surface area contributed by atoms with Crippen LogP contribution in [0, 0.1) is 0 Å². The van der Waals surface area contributed by atoms with E-state index in [1.807, 2.05) is 30.3 Å². The van der Waals surface area contributed by atoms with Crippen LogP contribution in [0.25, 0.3) is 0 Å². The molecule has 2 rings (SSSR count). The number of hydrogen-bond acceptors (Lipinski definition) is 6. The molecule has 1 aliphatic rings. The number of aliphatic imine (C=N–C) groups is 1. The zero-order chi connectivity index (χ0) is 14.5. The number of carbonyl (C=O) groups excluding carboxylic acids is 1. The third kappa shape index (κ3) is 3.02. The predicted molar refractivity (Wildman–Crippen MR) is 80.9 cm³/mol. The molecule has 1 heterocycles. The fourth-order valence-corrected chi connectivity index (χ4v) is 3.15. The van der Waals surface area contributed by atoms with E-state index in [2.05, 4.69) is 10.4 Å². The van der Waals surface area contributed by atoms with E-state index in [4.69, 9.17) is 10.6 Å². The fraction of sp³-hybridized carbons (Fsp3) is 0.286. The van der Waals surface area contributed by atoms with E-state index in [9.17, 15) is 4.79 Å². The molecule has 0 saturated carbocycles. The minimum absolute atomic E-state index is 0.168. The molecular weight excluding hydrogens is 274 g/mol. The smallest absolute Gasteiger partial charge is 0.337 e. The van der Waals surface area contributed by atoms with Crippen molar-refractivity contribution in [1.29, 1.82) is 0 Å². The van der Waals surface area contributed by atoms with Crippen molar-refractivity contribution < 1.29 is 9.53 Å². The van der Waals surface area contributed by atoms with Crippen LogP contribution in [0.15, 0.2) is 46.6 Å². The Balaban J connectivity index is 2.43. The number of allylic oxidation sites excluding steroid dienone is 1. The Hall–Kier alpha value is -1.79. The number of thioether (sulfide) groups is 1. The number of ether oxygens (including phenoxy) is 1. The number of carbonyl (C=O) groups is 1. The van der Waals surface area contributed by atoms with E-state index in [1.54, 1.807) is 13.8 Å². The van der Waals surface area contributed by atoms with Crippen LogP contribution < -0.4 is 11.3 Å². The van der Waals surface area contributed by atoms with Gasteiger partial charge in [-0.25, -0.2) is 15.6 Å². The van der Waals surface area contributed by atoms with E-state index in [-0.39, 0.29) is 11.2 Å². The first-order valence-corrected chi connectivity index (χ1v) is 7.20. The highest BCUT2D eigenvalue weighted by Gasteiger charge is 2.31. The first-order chi connectivity index (χ1) is 9.67. The third-order valence-corrected chi connectivity index (χ3v) is 4.05. The van der Waals surface area contributed by atoms with Gasteiger partial charge in [-0.3, -0.25) is 0 Å². The summed E-state index contributed by atoms with van der Waals surface area (Å²) in [5, 5.41) is 0.420. The van der Waals surface area contributed by atoms with Crippen molar-refractivity contribution in [3.05, 3.63) is 47.2 Å². The van der Waals surface area contributed by atoms with Crippen molar-refractivity contribution in [1.82, 2.24) is 5.43 Å². The Morgan fingerprint density at radius 3 is 2.75 bits per heavy atom. The van der Waals surface area contributed by atoms with Gasteiger partial charge in [-0.1, -0.05) is 42.1 Å². The zero-order valence-electron chi connectivity index (χ0n) is 11.4. The number of amidine groups is 1. The number of nitrogens with two attached hydrogens (primary N) is 1. The molecule has 3 N–H and O–H groups in total. The molecule has 1 atom stereocenters. The molecule has 0 amide bonds. The number of rotatable bonds is 3. The third-order valence-electron chi connectivity index (χ3n) is 2.87. The van der Waals surface area contributed by atoms with Gasteiger partial charge >= 0.3 is 5.97 Å². The standard InChI is InChI=1S/C14H17N3O2S/c1-3-19-13(18)11-9(2)16-14(17-15)20-12(11)10-7-5-4-6-8-10/h4-8,12H,3,15H2,1-2H3,(H,16,17). The molecule has 0 aliphatic carbocycles. The van der Waals surface area contributed by atoms with Crippen LogP contribution in [0.3, 0.4) is 0 Å². The Morgan fingerprint density at radius 1 is 1.45 bits per heavy atom. The second-order valence-electron chi connectivity index (χ2n) is 4.19. The molecule has 6 heteroatoms. The van der Waals surface area contributed by atoms with Crippen LogP contribution in [0.4, 0.5) is 0 Å². The normalized spacial score (nSPS) is 18.6. The molecule has 20 heavy (non-hydrogen) atoms. The molecule has 106 valence electrons. The Labute approximate surface area is 122 Å². The predicted octanol–water partition coefficient (Wildman–Crippen LogP) is 2.13. The van der Waals surface area contributed by atoms with Gasteiger partial charge in [-0.05, 0) is 19.4 Å². The van der Waals surface area contributed by atoms with Gasteiger partial charge in [0, 0.05) is 0 Å². The molecule has 0 bridgehead atoms. The number of esters is 1. The minimum atomic E-state index is -0.328. The lowest BCUT2D eigenvalue weighted by atomic mass is 10.0. The summed E-state index contributed by atoms with van der Waals surface area (Å²) < 4.78 is 5.14. The average molecular weight is 291 g/mol. The van der Waals surface area contributed by atoms with Gasteiger partial charge in [0.25, 0.3) is 0 Å². The van der Waals surface area contributed by atoms with E-state index < -0.39 is 0 Å². The molecule has 1 aromatic carbocycles. The lowest BCUT2D eigenvalue weighted by Crippen LogP contribution is -2.31. The largest absolute Gasteiger partial charge is 0.463 e. The summed E-state index contributed by atoms with van der Waals surface area (Å²) in [6.45, 7) is 3.92. The van der Waals surface area contributed by atoms with Gasteiger partial charge in [0.15, 0.2) is 5.17 Å². The maximum Gasteiger partial charge on any atom is 0.337 e. The highest BCUT2D eigenvalue weighted by atomic mass is 32.2. The van der Waals surface area contributed by atoms with Gasteiger partial charge in [0.05, 0.1) is 23.1 Å². The van der Waals surface area contributed by atoms with Crippen LogP contribution >= 0.6 is 11.8 Å². The molecule has 0 radical (unpaired) electrons.